The Balaban J connectivity index is 1.85. The molecule has 6 heteroatoms. The molecule has 1 heterocycles. The van der Waals surface area contributed by atoms with Crippen LogP contribution >= 0.6 is 11.6 Å². The van der Waals surface area contributed by atoms with Crippen molar-refractivity contribution in [2.45, 2.75) is 6.92 Å². The Morgan fingerprint density at radius 2 is 1.96 bits per heavy atom. The first-order valence-corrected chi connectivity index (χ1v) is 7.30. The van der Waals surface area contributed by atoms with Gasteiger partial charge in [-0.1, -0.05) is 23.7 Å². The first-order valence-electron chi connectivity index (χ1n) is 6.92. The minimum atomic E-state index is -0.460. The van der Waals surface area contributed by atoms with Gasteiger partial charge in [-0.05, 0) is 43.3 Å². The van der Waals surface area contributed by atoms with Gasteiger partial charge in [-0.2, -0.15) is 0 Å². The fourth-order valence-corrected chi connectivity index (χ4v) is 2.41. The van der Waals surface area contributed by atoms with E-state index in [1.807, 2.05) is 19.1 Å². The summed E-state index contributed by atoms with van der Waals surface area (Å²) in [4.78, 5) is 12.1. The molecule has 0 saturated carbocycles. The molecule has 4 nitrogen and oxygen atoms in total. The third kappa shape index (κ3) is 3.40. The summed E-state index contributed by atoms with van der Waals surface area (Å²) >= 11 is 5.99. The van der Waals surface area contributed by atoms with Crippen molar-refractivity contribution in [1.29, 1.82) is 0 Å². The van der Waals surface area contributed by atoms with Gasteiger partial charge in [-0.25, -0.2) is 9.07 Å². The van der Waals surface area contributed by atoms with Crippen LogP contribution in [-0.2, 0) is 0 Å². The second-order valence-electron chi connectivity index (χ2n) is 5.03. The highest BCUT2D eigenvalue weighted by Gasteiger charge is 2.11. The van der Waals surface area contributed by atoms with Gasteiger partial charge in [0.1, 0.15) is 5.82 Å². The van der Waals surface area contributed by atoms with Gasteiger partial charge >= 0.3 is 0 Å². The van der Waals surface area contributed by atoms with Gasteiger partial charge < -0.3 is 5.32 Å². The van der Waals surface area contributed by atoms with Crippen molar-refractivity contribution in [1.82, 2.24) is 9.78 Å². The number of amides is 1. The monoisotopic (exact) mass is 329 g/mol. The molecule has 0 radical (unpaired) electrons. The summed E-state index contributed by atoms with van der Waals surface area (Å²) in [5, 5.41) is 7.60. The molecule has 0 unspecified atom stereocenters. The van der Waals surface area contributed by atoms with Gasteiger partial charge in [0.25, 0.3) is 5.91 Å². The van der Waals surface area contributed by atoms with E-state index in [0.29, 0.717) is 10.8 Å². The molecule has 0 bridgehead atoms. The molecule has 0 aliphatic carbocycles. The van der Waals surface area contributed by atoms with Crippen molar-refractivity contribution in [2.75, 3.05) is 5.32 Å². The summed E-state index contributed by atoms with van der Waals surface area (Å²) in [6.45, 7) is 1.87. The Labute approximate surface area is 137 Å². The minimum Gasteiger partial charge on any atom is -0.305 e. The number of anilines is 1. The quantitative estimate of drug-likeness (QED) is 0.781. The van der Waals surface area contributed by atoms with Crippen molar-refractivity contribution in [2.24, 2.45) is 0 Å². The summed E-state index contributed by atoms with van der Waals surface area (Å²) < 4.78 is 14.9. The highest BCUT2D eigenvalue weighted by molar-refractivity contribution is 6.30. The average molecular weight is 330 g/mol. The number of hydrogen-bond acceptors (Lipinski definition) is 2. The molecule has 0 atom stereocenters. The molecule has 0 saturated heterocycles. The predicted molar refractivity (Wildman–Crippen MR) is 87.7 cm³/mol. The van der Waals surface area contributed by atoms with E-state index in [-0.39, 0.29) is 5.56 Å². The van der Waals surface area contributed by atoms with E-state index >= 15 is 0 Å². The third-order valence-electron chi connectivity index (χ3n) is 3.27. The molecular formula is C17H13ClFN3O. The van der Waals surface area contributed by atoms with E-state index in [0.717, 1.165) is 11.4 Å². The topological polar surface area (TPSA) is 46.9 Å². The van der Waals surface area contributed by atoms with Crippen LogP contribution in [0.15, 0.2) is 54.6 Å². The molecule has 23 heavy (non-hydrogen) atoms. The summed E-state index contributed by atoms with van der Waals surface area (Å²) in [5.74, 6) is -0.490. The lowest BCUT2D eigenvalue weighted by Crippen LogP contribution is -2.12. The highest BCUT2D eigenvalue weighted by Crippen LogP contribution is 2.19. The zero-order valence-corrected chi connectivity index (χ0v) is 13.0. The Bertz CT molecular complexity index is 876. The Morgan fingerprint density at radius 3 is 2.70 bits per heavy atom. The fourth-order valence-electron chi connectivity index (χ4n) is 2.22. The van der Waals surface area contributed by atoms with Crippen LogP contribution in [0.4, 0.5) is 10.2 Å². The minimum absolute atomic E-state index is 0.236. The zero-order valence-electron chi connectivity index (χ0n) is 12.3. The lowest BCUT2D eigenvalue weighted by atomic mass is 10.2. The maximum Gasteiger partial charge on any atom is 0.256 e. The smallest absolute Gasteiger partial charge is 0.256 e. The van der Waals surface area contributed by atoms with Crippen LogP contribution in [0.1, 0.15) is 16.1 Å². The molecule has 0 spiro atoms. The van der Waals surface area contributed by atoms with E-state index in [2.05, 4.69) is 10.4 Å². The number of nitrogens with zero attached hydrogens (tertiary/aromatic N) is 2. The number of halogens is 2. The molecule has 0 aliphatic rings. The number of hydrogen-bond donors (Lipinski definition) is 1. The van der Waals surface area contributed by atoms with Crippen molar-refractivity contribution in [3.8, 4) is 5.69 Å². The van der Waals surface area contributed by atoms with Crippen LogP contribution in [0.2, 0.25) is 5.02 Å². The van der Waals surface area contributed by atoms with Crippen molar-refractivity contribution < 1.29 is 9.18 Å². The van der Waals surface area contributed by atoms with Crippen LogP contribution in [0.3, 0.4) is 0 Å². The molecule has 116 valence electrons. The molecule has 1 N–H and O–H groups in total. The normalized spacial score (nSPS) is 10.6. The maximum atomic E-state index is 13.2. The van der Waals surface area contributed by atoms with Crippen LogP contribution in [0.25, 0.3) is 5.69 Å². The highest BCUT2D eigenvalue weighted by atomic mass is 35.5. The second-order valence-corrected chi connectivity index (χ2v) is 5.46. The number of aromatic nitrogens is 2. The predicted octanol–water partition coefficient (Wildman–Crippen LogP) is 4.23. The fraction of sp³-hybridized carbons (Fsp3) is 0.0588. The lowest BCUT2D eigenvalue weighted by Gasteiger charge is -2.04. The van der Waals surface area contributed by atoms with E-state index in [4.69, 9.17) is 11.6 Å². The standard InChI is InChI=1S/C17H13ClFN3O/c1-11-8-16(20-17(23)12-4-2-6-14(19)9-12)21-22(11)15-7-3-5-13(18)10-15/h2-10H,1H3,(H,20,21,23). The van der Waals surface area contributed by atoms with Crippen LogP contribution in [0, 0.1) is 12.7 Å². The molecule has 3 rings (SSSR count). The van der Waals surface area contributed by atoms with Gasteiger partial charge in [0, 0.05) is 22.3 Å². The second kappa shape index (κ2) is 6.22. The van der Waals surface area contributed by atoms with E-state index in [9.17, 15) is 9.18 Å². The van der Waals surface area contributed by atoms with Gasteiger partial charge in [0.05, 0.1) is 5.69 Å². The Hall–Kier alpha value is -2.66. The first kappa shape index (κ1) is 15.2. The van der Waals surface area contributed by atoms with Crippen molar-refractivity contribution in [3.63, 3.8) is 0 Å². The van der Waals surface area contributed by atoms with E-state index < -0.39 is 11.7 Å². The SMILES string of the molecule is Cc1cc(NC(=O)c2cccc(F)c2)nn1-c1cccc(Cl)c1. The first-order chi connectivity index (χ1) is 11.0. The molecule has 2 aromatic carbocycles. The number of rotatable bonds is 3. The van der Waals surface area contributed by atoms with E-state index in [1.54, 1.807) is 28.9 Å². The summed E-state index contributed by atoms with van der Waals surface area (Å²) in [6.07, 6.45) is 0. The largest absolute Gasteiger partial charge is 0.305 e. The van der Waals surface area contributed by atoms with Gasteiger partial charge in [-0.3, -0.25) is 4.79 Å². The zero-order chi connectivity index (χ0) is 16.4. The molecule has 0 fully saturated rings. The Morgan fingerprint density at radius 1 is 1.17 bits per heavy atom. The third-order valence-corrected chi connectivity index (χ3v) is 3.50. The molecule has 0 aliphatic heterocycles. The van der Waals surface area contributed by atoms with Gasteiger partial charge in [0.15, 0.2) is 5.82 Å². The molecule has 3 aromatic rings. The number of carbonyl (C=O) groups excluding carboxylic acids is 1. The van der Waals surface area contributed by atoms with Crippen molar-refractivity contribution >= 4 is 23.3 Å². The molecular weight excluding hydrogens is 317 g/mol. The number of carbonyl (C=O) groups is 1. The van der Waals surface area contributed by atoms with Crippen LogP contribution in [0.5, 0.6) is 0 Å². The Kier molecular flexibility index (Phi) is 4.12. The maximum absolute atomic E-state index is 13.2. The molecule has 1 amide bonds. The van der Waals surface area contributed by atoms with Gasteiger partial charge in [0.2, 0.25) is 0 Å². The molecule has 1 aromatic heterocycles. The van der Waals surface area contributed by atoms with Gasteiger partial charge in [-0.15, -0.1) is 5.10 Å². The number of benzene rings is 2. The van der Waals surface area contributed by atoms with Crippen molar-refractivity contribution in [3.05, 3.63) is 76.7 Å². The summed E-state index contributed by atoms with van der Waals surface area (Å²) in [7, 11) is 0. The van der Waals surface area contributed by atoms with E-state index in [1.165, 1.54) is 18.2 Å². The lowest BCUT2D eigenvalue weighted by molar-refractivity contribution is 0.102. The van der Waals surface area contributed by atoms with Crippen LogP contribution in [-0.4, -0.2) is 15.7 Å². The summed E-state index contributed by atoms with van der Waals surface area (Å²) in [6, 6.07) is 14.5. The number of nitrogens with one attached hydrogen (secondary N) is 1. The number of aryl methyl sites for hydroxylation is 1. The van der Waals surface area contributed by atoms with Crippen LogP contribution < -0.4 is 5.32 Å². The summed E-state index contributed by atoms with van der Waals surface area (Å²) in [5.41, 5.74) is 1.86. The average Bonchev–Trinajstić information content (AvgIpc) is 2.88.